The molecule has 8 nitrogen and oxygen atoms in total. The quantitative estimate of drug-likeness (QED) is 0.524. The number of hydrogen-bond donors (Lipinski definition) is 1. The summed E-state index contributed by atoms with van der Waals surface area (Å²) in [5.41, 5.74) is 2.45. The number of likely N-dealkylation sites (tertiary alicyclic amines) is 1. The van der Waals surface area contributed by atoms with Crippen LogP contribution in [0.4, 0.5) is 0 Å². The zero-order valence-corrected chi connectivity index (χ0v) is 19.1. The van der Waals surface area contributed by atoms with Gasteiger partial charge in [-0.25, -0.2) is 9.48 Å². The number of hydrogen-bond acceptors (Lipinski definition) is 6. The first-order chi connectivity index (χ1) is 16.1. The summed E-state index contributed by atoms with van der Waals surface area (Å²) in [6.07, 6.45) is 6.76. The molecular weight excluding hydrogens is 420 g/mol. The lowest BCUT2D eigenvalue weighted by atomic mass is 10.1. The van der Waals surface area contributed by atoms with Gasteiger partial charge in [0.2, 0.25) is 0 Å². The highest BCUT2D eigenvalue weighted by Gasteiger charge is 2.25. The summed E-state index contributed by atoms with van der Waals surface area (Å²) in [6, 6.07) is 11.0. The molecule has 1 amide bonds. The van der Waals surface area contributed by atoms with Crippen molar-refractivity contribution in [2.75, 3.05) is 26.2 Å². The summed E-state index contributed by atoms with van der Waals surface area (Å²) in [5, 5.41) is 7.37. The van der Waals surface area contributed by atoms with E-state index in [9.17, 15) is 9.59 Å². The van der Waals surface area contributed by atoms with Gasteiger partial charge in [0.15, 0.2) is 0 Å². The molecule has 3 heterocycles. The molecule has 0 spiro atoms. The highest BCUT2D eigenvalue weighted by atomic mass is 16.5. The Labute approximate surface area is 193 Å². The maximum absolute atomic E-state index is 12.8. The van der Waals surface area contributed by atoms with E-state index in [1.165, 1.54) is 12.6 Å². The van der Waals surface area contributed by atoms with Gasteiger partial charge in [-0.3, -0.25) is 9.69 Å². The fourth-order valence-corrected chi connectivity index (χ4v) is 4.25. The first kappa shape index (κ1) is 22.8. The number of furan rings is 1. The lowest BCUT2D eigenvalue weighted by Gasteiger charge is -2.33. The molecule has 1 fully saturated rings. The van der Waals surface area contributed by atoms with E-state index in [0.29, 0.717) is 30.0 Å². The average Bonchev–Trinajstić information content (AvgIpc) is 3.50. The lowest BCUT2D eigenvalue weighted by molar-refractivity contribution is 0.0525. The molecule has 1 saturated heterocycles. The Morgan fingerprint density at radius 3 is 2.58 bits per heavy atom. The number of rotatable bonds is 8. The highest BCUT2D eigenvalue weighted by Crippen LogP contribution is 2.24. The van der Waals surface area contributed by atoms with Gasteiger partial charge in [0.1, 0.15) is 11.3 Å². The number of aromatic nitrogens is 2. The van der Waals surface area contributed by atoms with Gasteiger partial charge in [0.25, 0.3) is 5.91 Å². The third-order valence-electron chi connectivity index (χ3n) is 6.04. The fourth-order valence-electron chi connectivity index (χ4n) is 4.25. The zero-order chi connectivity index (χ0) is 23.2. The third kappa shape index (κ3) is 5.17. The number of ether oxygens (including phenoxy) is 1. The molecule has 0 aliphatic carbocycles. The largest absolute Gasteiger partial charge is 0.468 e. The van der Waals surface area contributed by atoms with Crippen molar-refractivity contribution in [3.63, 3.8) is 0 Å². The van der Waals surface area contributed by atoms with E-state index in [4.69, 9.17) is 9.15 Å². The number of esters is 1. The van der Waals surface area contributed by atoms with E-state index in [0.717, 1.165) is 37.4 Å². The Hall–Kier alpha value is -3.39. The minimum absolute atomic E-state index is 0.0246. The average molecular weight is 451 g/mol. The van der Waals surface area contributed by atoms with Gasteiger partial charge in [-0.05, 0) is 76.2 Å². The van der Waals surface area contributed by atoms with E-state index in [-0.39, 0.29) is 11.9 Å². The van der Waals surface area contributed by atoms with Crippen molar-refractivity contribution >= 4 is 11.9 Å². The number of nitrogens with one attached hydrogen (secondary N) is 1. The number of piperidine rings is 1. The predicted molar refractivity (Wildman–Crippen MR) is 123 cm³/mol. The normalized spacial score (nSPS) is 15.2. The van der Waals surface area contributed by atoms with Crippen LogP contribution in [-0.4, -0.2) is 52.8 Å². The first-order valence-corrected chi connectivity index (χ1v) is 11.5. The summed E-state index contributed by atoms with van der Waals surface area (Å²) in [6.45, 7) is 6.39. The molecule has 4 rings (SSSR count). The minimum atomic E-state index is -0.392. The smallest absolute Gasteiger partial charge is 0.341 e. The van der Waals surface area contributed by atoms with Gasteiger partial charge in [-0.2, -0.15) is 5.10 Å². The number of carbonyl (C=O) groups excluding carboxylic acids is 2. The van der Waals surface area contributed by atoms with E-state index < -0.39 is 5.97 Å². The molecule has 1 aliphatic heterocycles. The molecule has 1 aromatic carbocycles. The van der Waals surface area contributed by atoms with E-state index in [2.05, 4.69) is 15.3 Å². The monoisotopic (exact) mass is 450 g/mol. The topological polar surface area (TPSA) is 89.6 Å². The Balaban J connectivity index is 1.42. The number of amides is 1. The van der Waals surface area contributed by atoms with Crippen LogP contribution in [-0.2, 0) is 4.74 Å². The van der Waals surface area contributed by atoms with Crippen molar-refractivity contribution in [2.45, 2.75) is 39.2 Å². The van der Waals surface area contributed by atoms with Crippen LogP contribution in [0.1, 0.15) is 64.4 Å². The Morgan fingerprint density at radius 2 is 1.91 bits per heavy atom. The van der Waals surface area contributed by atoms with E-state index in [1.807, 2.05) is 31.2 Å². The molecule has 0 radical (unpaired) electrons. The lowest BCUT2D eigenvalue weighted by Crippen LogP contribution is -2.40. The molecule has 1 aliphatic rings. The van der Waals surface area contributed by atoms with Crippen LogP contribution < -0.4 is 5.32 Å². The molecule has 0 bridgehead atoms. The third-order valence-corrected chi connectivity index (χ3v) is 6.04. The summed E-state index contributed by atoms with van der Waals surface area (Å²) in [4.78, 5) is 27.3. The molecule has 2 aromatic heterocycles. The summed E-state index contributed by atoms with van der Waals surface area (Å²) < 4.78 is 12.4. The van der Waals surface area contributed by atoms with Gasteiger partial charge in [-0.1, -0.05) is 6.42 Å². The van der Waals surface area contributed by atoms with Crippen molar-refractivity contribution < 1.29 is 18.7 Å². The van der Waals surface area contributed by atoms with Crippen molar-refractivity contribution in [2.24, 2.45) is 0 Å². The number of nitrogens with zero attached hydrogens (tertiary/aromatic N) is 3. The number of carbonyl (C=O) groups is 2. The standard InChI is InChI=1S/C25H30N4O4/c1-3-32-25(31)21-16-27-29(18(21)2)20-11-9-19(10-12-20)24(30)26-17-22(23-8-7-15-33-23)28-13-5-4-6-14-28/h7-12,15-16,22H,3-6,13-14,17H2,1-2H3,(H,26,30). The summed E-state index contributed by atoms with van der Waals surface area (Å²) in [7, 11) is 0. The molecule has 8 heteroatoms. The molecule has 33 heavy (non-hydrogen) atoms. The maximum Gasteiger partial charge on any atom is 0.341 e. The van der Waals surface area contributed by atoms with Crippen LogP contribution in [0.25, 0.3) is 5.69 Å². The summed E-state index contributed by atoms with van der Waals surface area (Å²) >= 11 is 0. The molecule has 1 atom stereocenters. The molecule has 174 valence electrons. The number of benzene rings is 1. The zero-order valence-electron chi connectivity index (χ0n) is 19.1. The Kier molecular flexibility index (Phi) is 7.24. The molecule has 1 unspecified atom stereocenters. The summed E-state index contributed by atoms with van der Waals surface area (Å²) in [5.74, 6) is 0.343. The van der Waals surface area contributed by atoms with Crippen LogP contribution in [0.2, 0.25) is 0 Å². The first-order valence-electron chi connectivity index (χ1n) is 11.5. The highest BCUT2D eigenvalue weighted by molar-refractivity contribution is 5.94. The Bertz CT molecular complexity index is 1070. The fraction of sp³-hybridized carbons (Fsp3) is 0.400. The van der Waals surface area contributed by atoms with Gasteiger partial charge in [0.05, 0.1) is 36.5 Å². The van der Waals surface area contributed by atoms with Crippen LogP contribution in [0.3, 0.4) is 0 Å². The van der Waals surface area contributed by atoms with Crippen molar-refractivity contribution in [1.29, 1.82) is 0 Å². The van der Waals surface area contributed by atoms with Crippen LogP contribution in [0.5, 0.6) is 0 Å². The molecule has 3 aromatic rings. The SMILES string of the molecule is CCOC(=O)c1cnn(-c2ccc(C(=O)NCC(c3ccco3)N3CCCCC3)cc2)c1C. The van der Waals surface area contributed by atoms with E-state index >= 15 is 0 Å². The molecular formula is C25H30N4O4. The predicted octanol–water partition coefficient (Wildman–Crippen LogP) is 3.91. The van der Waals surface area contributed by atoms with Crippen LogP contribution >= 0.6 is 0 Å². The second-order valence-corrected chi connectivity index (χ2v) is 8.16. The van der Waals surface area contributed by atoms with Crippen molar-refractivity contribution in [3.8, 4) is 5.69 Å². The van der Waals surface area contributed by atoms with Gasteiger partial charge in [0, 0.05) is 12.1 Å². The Morgan fingerprint density at radius 1 is 1.15 bits per heavy atom. The van der Waals surface area contributed by atoms with Gasteiger partial charge >= 0.3 is 5.97 Å². The minimum Gasteiger partial charge on any atom is -0.468 e. The van der Waals surface area contributed by atoms with Crippen LogP contribution in [0, 0.1) is 6.92 Å². The second-order valence-electron chi connectivity index (χ2n) is 8.16. The van der Waals surface area contributed by atoms with Crippen molar-refractivity contribution in [1.82, 2.24) is 20.0 Å². The maximum atomic E-state index is 12.8. The second kappa shape index (κ2) is 10.5. The van der Waals surface area contributed by atoms with Gasteiger partial charge in [-0.15, -0.1) is 0 Å². The molecule has 1 N–H and O–H groups in total. The van der Waals surface area contributed by atoms with Crippen molar-refractivity contribution in [3.05, 3.63) is 71.4 Å². The molecule has 0 saturated carbocycles. The van der Waals surface area contributed by atoms with E-state index in [1.54, 1.807) is 30.0 Å². The van der Waals surface area contributed by atoms with Gasteiger partial charge < -0.3 is 14.5 Å². The van der Waals surface area contributed by atoms with Crippen LogP contribution in [0.15, 0.2) is 53.3 Å².